The quantitative estimate of drug-likeness (QED) is 0.660. The Kier molecular flexibility index (Phi) is 3.47. The molecule has 0 bridgehead atoms. The summed E-state index contributed by atoms with van der Waals surface area (Å²) in [6, 6.07) is 0.696. The minimum atomic E-state index is 0.293. The third-order valence-corrected chi connectivity index (χ3v) is 4.06. The van der Waals surface area contributed by atoms with E-state index in [2.05, 4.69) is 9.80 Å². The van der Waals surface area contributed by atoms with Crippen LogP contribution in [0.2, 0.25) is 0 Å². The number of carbonyl (C=O) groups excluding carboxylic acids is 1. The Morgan fingerprint density at radius 3 is 3.07 bits per heavy atom. The monoisotopic (exact) mass is 214 g/mol. The van der Waals surface area contributed by atoms with Gasteiger partial charge in [0.25, 0.3) is 0 Å². The number of fused-ring (bicyclic) bond motifs is 1. The van der Waals surface area contributed by atoms with Crippen LogP contribution in [-0.4, -0.2) is 65.9 Å². The molecular formula is C10H18N2OS. The summed E-state index contributed by atoms with van der Waals surface area (Å²) in [5.41, 5.74) is 0. The zero-order valence-electron chi connectivity index (χ0n) is 8.74. The molecule has 2 aliphatic rings. The summed E-state index contributed by atoms with van der Waals surface area (Å²) in [4.78, 5) is 15.9. The van der Waals surface area contributed by atoms with Crippen molar-refractivity contribution in [1.29, 1.82) is 0 Å². The standard InChI is InChI=1S/C10H18N2OS/c1-9(13)6-11-2-3-12-4-5-14-8-10(12)7-11/h10H,2-8H2,1H3. The molecule has 14 heavy (non-hydrogen) atoms. The van der Waals surface area contributed by atoms with Crippen LogP contribution in [0.4, 0.5) is 0 Å². The van der Waals surface area contributed by atoms with Gasteiger partial charge in [-0.25, -0.2) is 0 Å². The van der Waals surface area contributed by atoms with Crippen molar-refractivity contribution in [3.63, 3.8) is 0 Å². The van der Waals surface area contributed by atoms with E-state index in [0.29, 0.717) is 18.4 Å². The van der Waals surface area contributed by atoms with Gasteiger partial charge in [-0.3, -0.25) is 14.6 Å². The van der Waals surface area contributed by atoms with Crippen LogP contribution in [0.1, 0.15) is 6.92 Å². The first kappa shape index (κ1) is 10.5. The summed E-state index contributed by atoms with van der Waals surface area (Å²) in [6.07, 6.45) is 0. The number of hydrogen-bond acceptors (Lipinski definition) is 4. The van der Waals surface area contributed by atoms with Gasteiger partial charge < -0.3 is 0 Å². The zero-order chi connectivity index (χ0) is 9.97. The number of piperazine rings is 1. The van der Waals surface area contributed by atoms with Crippen molar-refractivity contribution in [2.24, 2.45) is 0 Å². The van der Waals surface area contributed by atoms with Crippen molar-refractivity contribution in [3.05, 3.63) is 0 Å². The fraction of sp³-hybridized carbons (Fsp3) is 0.900. The minimum Gasteiger partial charge on any atom is -0.299 e. The molecule has 0 aromatic heterocycles. The SMILES string of the molecule is CC(=O)CN1CCN2CCSCC2C1. The van der Waals surface area contributed by atoms with E-state index in [1.807, 2.05) is 11.8 Å². The first-order valence-electron chi connectivity index (χ1n) is 5.29. The van der Waals surface area contributed by atoms with Crippen LogP contribution in [0.5, 0.6) is 0 Å². The van der Waals surface area contributed by atoms with E-state index in [0.717, 1.165) is 19.6 Å². The lowest BCUT2D eigenvalue weighted by Gasteiger charge is -2.43. The predicted octanol–water partition coefficient (Wildman–Crippen LogP) is 0.308. The molecule has 2 heterocycles. The average Bonchev–Trinajstić information content (AvgIpc) is 2.17. The minimum absolute atomic E-state index is 0.293. The van der Waals surface area contributed by atoms with Gasteiger partial charge in [0.05, 0.1) is 6.54 Å². The third kappa shape index (κ3) is 2.49. The van der Waals surface area contributed by atoms with Gasteiger partial charge in [-0.15, -0.1) is 0 Å². The second kappa shape index (κ2) is 4.64. The highest BCUT2D eigenvalue weighted by Crippen LogP contribution is 2.19. The maximum atomic E-state index is 11.0. The van der Waals surface area contributed by atoms with Gasteiger partial charge in [0.1, 0.15) is 5.78 Å². The van der Waals surface area contributed by atoms with Crippen LogP contribution < -0.4 is 0 Å². The molecule has 0 aliphatic carbocycles. The van der Waals surface area contributed by atoms with Gasteiger partial charge in [0, 0.05) is 43.7 Å². The van der Waals surface area contributed by atoms with Crippen molar-refractivity contribution < 1.29 is 4.79 Å². The Labute approximate surface area is 89.8 Å². The molecule has 0 radical (unpaired) electrons. The molecule has 0 aromatic rings. The van der Waals surface area contributed by atoms with Gasteiger partial charge in [-0.1, -0.05) is 0 Å². The van der Waals surface area contributed by atoms with Crippen molar-refractivity contribution >= 4 is 17.5 Å². The Morgan fingerprint density at radius 2 is 2.29 bits per heavy atom. The highest BCUT2D eigenvalue weighted by atomic mass is 32.2. The lowest BCUT2D eigenvalue weighted by Crippen LogP contribution is -2.57. The fourth-order valence-electron chi connectivity index (χ4n) is 2.27. The summed E-state index contributed by atoms with van der Waals surface area (Å²) in [7, 11) is 0. The highest BCUT2D eigenvalue weighted by Gasteiger charge is 2.29. The first-order valence-corrected chi connectivity index (χ1v) is 6.45. The lowest BCUT2D eigenvalue weighted by atomic mass is 10.2. The van der Waals surface area contributed by atoms with E-state index in [1.165, 1.54) is 18.1 Å². The van der Waals surface area contributed by atoms with Crippen molar-refractivity contribution in [2.75, 3.05) is 44.2 Å². The number of Topliss-reactive ketones (excluding diaryl/α,β-unsaturated/α-hetero) is 1. The second-order valence-corrected chi connectivity index (χ2v) is 5.35. The highest BCUT2D eigenvalue weighted by molar-refractivity contribution is 7.99. The molecule has 3 nitrogen and oxygen atoms in total. The molecule has 2 aliphatic heterocycles. The molecule has 0 amide bonds. The molecule has 1 atom stereocenters. The zero-order valence-corrected chi connectivity index (χ0v) is 9.55. The van der Waals surface area contributed by atoms with E-state index in [4.69, 9.17) is 0 Å². The number of nitrogens with zero attached hydrogens (tertiary/aromatic N) is 2. The molecule has 0 aromatic carbocycles. The molecule has 2 rings (SSSR count). The number of hydrogen-bond donors (Lipinski definition) is 0. The largest absolute Gasteiger partial charge is 0.299 e. The molecule has 0 saturated carbocycles. The summed E-state index contributed by atoms with van der Waals surface area (Å²) >= 11 is 2.05. The Hall–Kier alpha value is -0.0600. The van der Waals surface area contributed by atoms with Crippen LogP contribution in [0.25, 0.3) is 0 Å². The maximum Gasteiger partial charge on any atom is 0.143 e. The number of rotatable bonds is 2. The topological polar surface area (TPSA) is 23.6 Å². The van der Waals surface area contributed by atoms with Gasteiger partial charge in [0.15, 0.2) is 0 Å². The number of ketones is 1. The van der Waals surface area contributed by atoms with Crippen molar-refractivity contribution in [2.45, 2.75) is 13.0 Å². The summed E-state index contributed by atoms with van der Waals surface area (Å²) in [6.45, 7) is 6.88. The normalized spacial score (nSPS) is 29.9. The third-order valence-electron chi connectivity index (χ3n) is 2.97. The molecule has 80 valence electrons. The van der Waals surface area contributed by atoms with Crippen LogP contribution in [0, 0.1) is 0 Å². The smallest absolute Gasteiger partial charge is 0.143 e. The molecule has 2 saturated heterocycles. The lowest BCUT2D eigenvalue weighted by molar-refractivity contribution is -0.118. The summed E-state index contributed by atoms with van der Waals surface area (Å²) in [5.74, 6) is 2.82. The maximum absolute atomic E-state index is 11.0. The number of carbonyl (C=O) groups is 1. The van der Waals surface area contributed by atoms with Crippen LogP contribution in [-0.2, 0) is 4.79 Å². The van der Waals surface area contributed by atoms with Gasteiger partial charge >= 0.3 is 0 Å². The van der Waals surface area contributed by atoms with E-state index < -0.39 is 0 Å². The average molecular weight is 214 g/mol. The first-order chi connectivity index (χ1) is 6.75. The molecule has 0 N–H and O–H groups in total. The summed E-state index contributed by atoms with van der Waals surface area (Å²) < 4.78 is 0. The van der Waals surface area contributed by atoms with Crippen LogP contribution >= 0.6 is 11.8 Å². The fourth-order valence-corrected chi connectivity index (χ4v) is 3.39. The van der Waals surface area contributed by atoms with Gasteiger partial charge in [-0.2, -0.15) is 11.8 Å². The van der Waals surface area contributed by atoms with E-state index in [-0.39, 0.29) is 0 Å². The Morgan fingerprint density at radius 1 is 1.43 bits per heavy atom. The molecule has 4 heteroatoms. The van der Waals surface area contributed by atoms with E-state index >= 15 is 0 Å². The summed E-state index contributed by atoms with van der Waals surface area (Å²) in [5, 5.41) is 0. The number of thioether (sulfide) groups is 1. The predicted molar refractivity (Wildman–Crippen MR) is 59.8 cm³/mol. The van der Waals surface area contributed by atoms with E-state index in [1.54, 1.807) is 6.92 Å². The van der Waals surface area contributed by atoms with Crippen LogP contribution in [0.3, 0.4) is 0 Å². The van der Waals surface area contributed by atoms with Crippen molar-refractivity contribution in [1.82, 2.24) is 9.80 Å². The Balaban J connectivity index is 1.86. The van der Waals surface area contributed by atoms with Crippen LogP contribution in [0.15, 0.2) is 0 Å². The van der Waals surface area contributed by atoms with Crippen molar-refractivity contribution in [3.8, 4) is 0 Å². The molecule has 0 spiro atoms. The Bertz CT molecular complexity index is 222. The molecular weight excluding hydrogens is 196 g/mol. The molecule has 1 unspecified atom stereocenters. The van der Waals surface area contributed by atoms with E-state index in [9.17, 15) is 4.79 Å². The second-order valence-electron chi connectivity index (χ2n) is 4.20. The molecule has 2 fully saturated rings. The van der Waals surface area contributed by atoms with Gasteiger partial charge in [0.2, 0.25) is 0 Å². The van der Waals surface area contributed by atoms with Gasteiger partial charge in [-0.05, 0) is 6.92 Å².